The fraction of sp³-hybridized carbons (Fsp3) is 0.0930. The molecule has 1 nitrogen and oxygen atoms in total. The van der Waals surface area contributed by atoms with Gasteiger partial charge in [0, 0.05) is 6.21 Å². The molecule has 0 aliphatic rings. The smallest absolute Gasteiger partial charge is 0.0640 e. The number of fused-ring (bicyclic) bond motifs is 6. The van der Waals surface area contributed by atoms with Crippen LogP contribution < -0.4 is 5.30 Å². The number of hydrogen-bond acceptors (Lipinski definition) is 1. The summed E-state index contributed by atoms with van der Waals surface area (Å²) in [5, 5.41) is 11.6. The van der Waals surface area contributed by atoms with Gasteiger partial charge in [-0.2, -0.15) is 0 Å². The van der Waals surface area contributed by atoms with Gasteiger partial charge in [-0.05, 0) is 99.7 Å². The number of aliphatic imine (C=N–C) groups is 1. The molecule has 45 heavy (non-hydrogen) atoms. The quantitative estimate of drug-likeness (QED) is 0.0678. The number of allylic oxidation sites excluding steroid dienone is 7. The van der Waals surface area contributed by atoms with E-state index in [1.165, 1.54) is 70.5 Å². The summed E-state index contributed by atoms with van der Waals surface area (Å²) in [6.07, 6.45) is 12.6. The van der Waals surface area contributed by atoms with Crippen LogP contribution in [-0.4, -0.2) is 6.21 Å². The first-order chi connectivity index (χ1) is 22.1. The average Bonchev–Trinajstić information content (AvgIpc) is 3.08. The normalized spacial score (nSPS) is 13.4. The van der Waals surface area contributed by atoms with Crippen LogP contribution in [0.15, 0.2) is 168 Å². The van der Waals surface area contributed by atoms with Gasteiger partial charge in [0.15, 0.2) is 0 Å². The van der Waals surface area contributed by atoms with Gasteiger partial charge in [-0.1, -0.05) is 152 Å². The number of aryl methyl sites for hydroxylation is 1. The Morgan fingerprint density at radius 2 is 1.29 bits per heavy atom. The van der Waals surface area contributed by atoms with Gasteiger partial charge in [0.2, 0.25) is 0 Å². The highest BCUT2D eigenvalue weighted by Gasteiger charge is 2.18. The standard InChI is InChI=1S/C43H38NP/c1-5-13-36(14-6-2)45(37-16-12-15-31(4)27-37)35(7-3)30-44-29-32-21-23-33(24-22-32)34-25-26-42-40-19-9-8-17-38(40)39-18-10-11-20-41(39)43(42)28-34/h5-28,30H,1,29H2,2-4H3/b14-6-,35-7+,36-13+,44-30?. The Bertz CT molecular complexity index is 2090. The zero-order valence-electron chi connectivity index (χ0n) is 26.2. The van der Waals surface area contributed by atoms with Gasteiger partial charge in [0.25, 0.3) is 0 Å². The zero-order chi connectivity index (χ0) is 31.2. The van der Waals surface area contributed by atoms with Crippen LogP contribution in [-0.2, 0) is 6.54 Å². The Morgan fingerprint density at radius 1 is 0.667 bits per heavy atom. The highest BCUT2D eigenvalue weighted by molar-refractivity contribution is 7.74. The Labute approximate surface area is 268 Å². The van der Waals surface area contributed by atoms with Crippen molar-refractivity contribution in [2.24, 2.45) is 4.99 Å². The first kappa shape index (κ1) is 30.2. The Kier molecular flexibility index (Phi) is 9.30. The third kappa shape index (κ3) is 6.37. The second-order valence-corrected chi connectivity index (χ2v) is 13.5. The van der Waals surface area contributed by atoms with E-state index in [4.69, 9.17) is 4.99 Å². The minimum absolute atomic E-state index is 0.632. The Morgan fingerprint density at radius 3 is 1.89 bits per heavy atom. The summed E-state index contributed by atoms with van der Waals surface area (Å²) in [5.41, 5.74) is 4.89. The lowest BCUT2D eigenvalue weighted by Gasteiger charge is -2.21. The second kappa shape index (κ2) is 13.9. The molecule has 6 aromatic carbocycles. The fourth-order valence-electron chi connectivity index (χ4n) is 6.11. The molecule has 0 fully saturated rings. The van der Waals surface area contributed by atoms with Crippen molar-refractivity contribution in [3.63, 3.8) is 0 Å². The molecule has 6 rings (SSSR count). The SMILES string of the molecule is C=C/C=C(\C=C/C)P(/C(C=NCc1ccc(-c2ccc3c4ccccc4c4ccccc4c3c2)cc1)=C/C)c1cccc(C)c1. The first-order valence-corrected chi connectivity index (χ1v) is 16.9. The molecule has 1 atom stereocenters. The van der Waals surface area contributed by atoms with Crippen molar-refractivity contribution in [3.05, 3.63) is 174 Å². The van der Waals surface area contributed by atoms with Gasteiger partial charge in [-0.3, -0.25) is 4.99 Å². The molecular weight excluding hydrogens is 561 g/mol. The lowest BCUT2D eigenvalue weighted by atomic mass is 9.92. The molecule has 1 unspecified atom stereocenters. The summed E-state index contributed by atoms with van der Waals surface area (Å²) in [6, 6.07) is 42.0. The van der Waals surface area contributed by atoms with E-state index in [1.807, 2.05) is 6.08 Å². The molecule has 0 aromatic heterocycles. The van der Waals surface area contributed by atoms with Gasteiger partial charge >= 0.3 is 0 Å². The molecule has 0 N–H and O–H groups in total. The van der Waals surface area contributed by atoms with E-state index in [9.17, 15) is 0 Å². The van der Waals surface area contributed by atoms with Gasteiger partial charge in [0.05, 0.1) is 6.54 Å². The maximum atomic E-state index is 4.94. The van der Waals surface area contributed by atoms with Gasteiger partial charge in [-0.25, -0.2) is 0 Å². The molecule has 220 valence electrons. The molecule has 0 saturated carbocycles. The minimum atomic E-state index is -0.751. The number of hydrogen-bond donors (Lipinski definition) is 0. The molecule has 0 radical (unpaired) electrons. The highest BCUT2D eigenvalue weighted by atomic mass is 31.1. The number of rotatable bonds is 9. The van der Waals surface area contributed by atoms with Crippen molar-refractivity contribution in [3.8, 4) is 11.1 Å². The van der Waals surface area contributed by atoms with Gasteiger partial charge < -0.3 is 0 Å². The average molecular weight is 600 g/mol. The van der Waals surface area contributed by atoms with Crippen molar-refractivity contribution in [2.75, 3.05) is 0 Å². The van der Waals surface area contributed by atoms with E-state index in [0.29, 0.717) is 6.54 Å². The molecule has 6 aromatic rings. The predicted molar refractivity (Wildman–Crippen MR) is 201 cm³/mol. The van der Waals surface area contributed by atoms with Gasteiger partial charge in [-0.15, -0.1) is 0 Å². The Hall–Kier alpha value is -4.84. The van der Waals surface area contributed by atoms with Crippen LogP contribution in [0.4, 0.5) is 0 Å². The Balaban J connectivity index is 1.27. The van der Waals surface area contributed by atoms with Crippen LogP contribution in [0.1, 0.15) is 25.0 Å². The molecule has 0 amide bonds. The number of benzene rings is 6. The second-order valence-electron chi connectivity index (χ2n) is 11.2. The molecule has 0 aliphatic carbocycles. The summed E-state index contributed by atoms with van der Waals surface area (Å²) >= 11 is 0. The molecular formula is C43H38NP. The van der Waals surface area contributed by atoms with E-state index in [0.717, 1.165) is 0 Å². The van der Waals surface area contributed by atoms with Crippen molar-refractivity contribution in [1.82, 2.24) is 0 Å². The van der Waals surface area contributed by atoms with Crippen molar-refractivity contribution < 1.29 is 0 Å². The van der Waals surface area contributed by atoms with E-state index < -0.39 is 7.92 Å². The summed E-state index contributed by atoms with van der Waals surface area (Å²) in [4.78, 5) is 4.94. The summed E-state index contributed by atoms with van der Waals surface area (Å²) in [6.45, 7) is 10.9. The molecule has 0 heterocycles. The summed E-state index contributed by atoms with van der Waals surface area (Å²) in [5.74, 6) is 0. The van der Waals surface area contributed by atoms with Crippen LogP contribution in [0.3, 0.4) is 0 Å². The van der Waals surface area contributed by atoms with E-state index in [2.05, 4.69) is 173 Å². The maximum Gasteiger partial charge on any atom is 0.0640 e. The molecule has 2 heteroatoms. The van der Waals surface area contributed by atoms with Crippen LogP contribution in [0.5, 0.6) is 0 Å². The summed E-state index contributed by atoms with van der Waals surface area (Å²) < 4.78 is 0. The van der Waals surface area contributed by atoms with Crippen LogP contribution in [0, 0.1) is 6.92 Å². The third-order valence-corrected chi connectivity index (χ3v) is 10.7. The predicted octanol–water partition coefficient (Wildman–Crippen LogP) is 12.0. The molecule has 0 spiro atoms. The van der Waals surface area contributed by atoms with Crippen molar-refractivity contribution in [1.29, 1.82) is 0 Å². The zero-order valence-corrected chi connectivity index (χ0v) is 27.1. The fourth-order valence-corrected chi connectivity index (χ4v) is 8.58. The van der Waals surface area contributed by atoms with Crippen molar-refractivity contribution in [2.45, 2.75) is 27.3 Å². The van der Waals surface area contributed by atoms with Crippen LogP contribution in [0.2, 0.25) is 0 Å². The lowest BCUT2D eigenvalue weighted by Crippen LogP contribution is -2.05. The highest BCUT2D eigenvalue weighted by Crippen LogP contribution is 2.51. The van der Waals surface area contributed by atoms with Crippen LogP contribution >= 0.6 is 7.92 Å². The first-order valence-electron chi connectivity index (χ1n) is 15.5. The third-order valence-electron chi connectivity index (χ3n) is 8.23. The molecule has 0 aliphatic heterocycles. The van der Waals surface area contributed by atoms with Gasteiger partial charge in [0.1, 0.15) is 0 Å². The lowest BCUT2D eigenvalue weighted by molar-refractivity contribution is 1.08. The molecule has 0 bridgehead atoms. The molecule has 0 saturated heterocycles. The monoisotopic (exact) mass is 599 g/mol. The van der Waals surface area contributed by atoms with E-state index in [-0.39, 0.29) is 0 Å². The summed E-state index contributed by atoms with van der Waals surface area (Å²) in [7, 11) is -0.751. The maximum absolute atomic E-state index is 4.94. The topological polar surface area (TPSA) is 12.4 Å². The number of nitrogens with zero attached hydrogens (tertiary/aromatic N) is 1. The van der Waals surface area contributed by atoms with Crippen LogP contribution in [0.25, 0.3) is 43.4 Å². The van der Waals surface area contributed by atoms with Crippen molar-refractivity contribution >= 4 is 51.8 Å². The van der Waals surface area contributed by atoms with E-state index in [1.54, 1.807) is 0 Å². The largest absolute Gasteiger partial charge is 0.288 e. The van der Waals surface area contributed by atoms with E-state index >= 15 is 0 Å². The minimum Gasteiger partial charge on any atom is -0.288 e.